The van der Waals surface area contributed by atoms with Crippen molar-refractivity contribution in [2.75, 3.05) is 13.1 Å². The smallest absolute Gasteiger partial charge is 0.139 e. The van der Waals surface area contributed by atoms with Crippen LogP contribution in [0.15, 0.2) is 55.1 Å². The summed E-state index contributed by atoms with van der Waals surface area (Å²) < 4.78 is 8.16. The fourth-order valence-electron chi connectivity index (χ4n) is 3.47. The number of ether oxygens (including phenoxy) is 1. The van der Waals surface area contributed by atoms with E-state index in [2.05, 4.69) is 26.3 Å². The van der Waals surface area contributed by atoms with E-state index in [4.69, 9.17) is 16.3 Å². The first-order valence-corrected chi connectivity index (χ1v) is 9.70. The third-order valence-corrected chi connectivity index (χ3v) is 5.33. The molecular formula is C21H23ClN4O. The SMILES string of the molecule is C[C@H](Oc1cncc(-c2cnn(C3CCNCC3)c2)c1)c1ccccc1Cl. The Hall–Kier alpha value is -2.37. The zero-order valence-electron chi connectivity index (χ0n) is 15.3. The highest BCUT2D eigenvalue weighted by molar-refractivity contribution is 6.31. The summed E-state index contributed by atoms with van der Waals surface area (Å²) in [5.74, 6) is 0.717. The molecule has 0 radical (unpaired) electrons. The Kier molecular flexibility index (Phi) is 5.41. The summed E-state index contributed by atoms with van der Waals surface area (Å²) in [5, 5.41) is 8.66. The molecule has 4 rings (SSSR count). The summed E-state index contributed by atoms with van der Waals surface area (Å²) in [7, 11) is 0. The fourth-order valence-corrected chi connectivity index (χ4v) is 3.76. The topological polar surface area (TPSA) is 52.0 Å². The van der Waals surface area contributed by atoms with E-state index in [1.165, 1.54) is 0 Å². The predicted octanol–water partition coefficient (Wildman–Crippen LogP) is 4.66. The van der Waals surface area contributed by atoms with Crippen LogP contribution in [0.5, 0.6) is 5.75 Å². The fraction of sp³-hybridized carbons (Fsp3) is 0.333. The Morgan fingerprint density at radius 1 is 1.15 bits per heavy atom. The molecule has 2 aromatic heterocycles. The molecule has 0 unspecified atom stereocenters. The molecule has 140 valence electrons. The molecule has 1 aromatic carbocycles. The van der Waals surface area contributed by atoms with Crippen molar-refractivity contribution in [3.63, 3.8) is 0 Å². The summed E-state index contributed by atoms with van der Waals surface area (Å²) in [6, 6.07) is 10.2. The maximum Gasteiger partial charge on any atom is 0.139 e. The molecule has 1 saturated heterocycles. The van der Waals surface area contributed by atoms with E-state index in [1.807, 2.05) is 49.6 Å². The number of nitrogens with zero attached hydrogens (tertiary/aromatic N) is 3. The highest BCUT2D eigenvalue weighted by Crippen LogP contribution is 2.29. The molecule has 0 saturated carbocycles. The van der Waals surface area contributed by atoms with Gasteiger partial charge in [0.2, 0.25) is 0 Å². The van der Waals surface area contributed by atoms with E-state index in [0.717, 1.165) is 48.4 Å². The molecule has 1 fully saturated rings. The molecule has 1 atom stereocenters. The molecule has 0 aliphatic carbocycles. The molecule has 1 N–H and O–H groups in total. The Morgan fingerprint density at radius 2 is 1.96 bits per heavy atom. The number of hydrogen-bond donors (Lipinski definition) is 1. The lowest BCUT2D eigenvalue weighted by atomic mass is 10.1. The normalized spacial score (nSPS) is 16.2. The van der Waals surface area contributed by atoms with Gasteiger partial charge in [0.25, 0.3) is 0 Å². The Balaban J connectivity index is 1.51. The van der Waals surface area contributed by atoms with Gasteiger partial charge >= 0.3 is 0 Å². The predicted molar refractivity (Wildman–Crippen MR) is 107 cm³/mol. The van der Waals surface area contributed by atoms with Crippen molar-refractivity contribution in [1.82, 2.24) is 20.1 Å². The highest BCUT2D eigenvalue weighted by atomic mass is 35.5. The minimum atomic E-state index is -0.159. The second-order valence-electron chi connectivity index (χ2n) is 6.88. The molecular weight excluding hydrogens is 360 g/mol. The number of hydrogen-bond acceptors (Lipinski definition) is 4. The zero-order chi connectivity index (χ0) is 18.6. The number of aromatic nitrogens is 3. The van der Waals surface area contributed by atoms with Crippen LogP contribution in [-0.2, 0) is 0 Å². The van der Waals surface area contributed by atoms with Crippen LogP contribution in [0.25, 0.3) is 11.1 Å². The van der Waals surface area contributed by atoms with Crippen LogP contribution in [0.3, 0.4) is 0 Å². The second-order valence-corrected chi connectivity index (χ2v) is 7.29. The average molecular weight is 383 g/mol. The van der Waals surface area contributed by atoms with Gasteiger partial charge in [0.15, 0.2) is 0 Å². The molecule has 6 heteroatoms. The number of nitrogens with one attached hydrogen (secondary N) is 1. The summed E-state index contributed by atoms with van der Waals surface area (Å²) >= 11 is 6.28. The van der Waals surface area contributed by atoms with Crippen molar-refractivity contribution >= 4 is 11.6 Å². The summed E-state index contributed by atoms with van der Waals surface area (Å²) in [6.45, 7) is 4.08. The lowest BCUT2D eigenvalue weighted by molar-refractivity contribution is 0.226. The van der Waals surface area contributed by atoms with Crippen molar-refractivity contribution in [2.45, 2.75) is 31.9 Å². The van der Waals surface area contributed by atoms with Crippen molar-refractivity contribution in [3.05, 3.63) is 65.7 Å². The van der Waals surface area contributed by atoms with E-state index in [0.29, 0.717) is 11.1 Å². The molecule has 3 aromatic rings. The Morgan fingerprint density at radius 3 is 2.78 bits per heavy atom. The largest absolute Gasteiger partial charge is 0.484 e. The van der Waals surface area contributed by atoms with E-state index >= 15 is 0 Å². The lowest BCUT2D eigenvalue weighted by Crippen LogP contribution is -2.29. The number of benzene rings is 1. The van der Waals surface area contributed by atoms with E-state index in [9.17, 15) is 0 Å². The Bertz CT molecular complexity index is 904. The molecule has 1 aliphatic rings. The molecule has 0 spiro atoms. The average Bonchev–Trinajstić information content (AvgIpc) is 3.19. The number of halogens is 1. The first kappa shape index (κ1) is 18.0. The third kappa shape index (κ3) is 4.15. The van der Waals surface area contributed by atoms with Gasteiger partial charge in [-0.1, -0.05) is 29.8 Å². The summed E-state index contributed by atoms with van der Waals surface area (Å²) in [6.07, 6.45) is 9.64. The minimum absolute atomic E-state index is 0.159. The van der Waals surface area contributed by atoms with Crippen LogP contribution in [0.4, 0.5) is 0 Å². The number of pyridine rings is 1. The zero-order valence-corrected chi connectivity index (χ0v) is 16.1. The van der Waals surface area contributed by atoms with Crippen LogP contribution >= 0.6 is 11.6 Å². The van der Waals surface area contributed by atoms with Gasteiger partial charge in [-0.2, -0.15) is 5.10 Å². The van der Waals surface area contributed by atoms with E-state index in [-0.39, 0.29) is 6.10 Å². The van der Waals surface area contributed by atoms with Gasteiger partial charge in [-0.05, 0) is 45.0 Å². The van der Waals surface area contributed by atoms with Crippen molar-refractivity contribution in [2.24, 2.45) is 0 Å². The molecule has 0 bridgehead atoms. The third-order valence-electron chi connectivity index (χ3n) is 4.99. The van der Waals surface area contributed by atoms with Gasteiger partial charge in [-0.15, -0.1) is 0 Å². The van der Waals surface area contributed by atoms with Gasteiger partial charge in [0.1, 0.15) is 11.9 Å². The van der Waals surface area contributed by atoms with Gasteiger partial charge < -0.3 is 10.1 Å². The monoisotopic (exact) mass is 382 g/mol. The maximum atomic E-state index is 6.28. The van der Waals surface area contributed by atoms with E-state index in [1.54, 1.807) is 6.20 Å². The quantitative estimate of drug-likeness (QED) is 0.697. The molecule has 0 amide bonds. The molecule has 3 heterocycles. The maximum absolute atomic E-state index is 6.28. The molecule has 27 heavy (non-hydrogen) atoms. The van der Waals surface area contributed by atoms with Crippen LogP contribution in [0.2, 0.25) is 5.02 Å². The second kappa shape index (κ2) is 8.11. The summed E-state index contributed by atoms with van der Waals surface area (Å²) in [4.78, 5) is 4.35. The first-order chi connectivity index (χ1) is 13.2. The standard InChI is InChI=1S/C21H23ClN4O/c1-15(20-4-2-3-5-21(20)22)27-19-10-16(11-24-13-19)17-12-25-26(14-17)18-6-8-23-9-7-18/h2-5,10-15,18,23H,6-9H2,1H3/t15-/m0/s1. The minimum Gasteiger partial charge on any atom is -0.484 e. The van der Waals surface area contributed by atoms with Crippen LogP contribution in [0, 0.1) is 0 Å². The van der Waals surface area contributed by atoms with Gasteiger partial charge in [-0.25, -0.2) is 0 Å². The van der Waals surface area contributed by atoms with Gasteiger partial charge in [0, 0.05) is 34.1 Å². The number of rotatable bonds is 5. The lowest BCUT2D eigenvalue weighted by Gasteiger charge is -2.22. The van der Waals surface area contributed by atoms with E-state index < -0.39 is 0 Å². The van der Waals surface area contributed by atoms with Gasteiger partial charge in [-0.3, -0.25) is 9.67 Å². The first-order valence-electron chi connectivity index (χ1n) is 9.32. The molecule has 1 aliphatic heterocycles. The molecule has 5 nitrogen and oxygen atoms in total. The van der Waals surface area contributed by atoms with Crippen LogP contribution in [0.1, 0.15) is 37.5 Å². The summed E-state index contributed by atoms with van der Waals surface area (Å²) in [5.41, 5.74) is 3.01. The van der Waals surface area contributed by atoms with Crippen molar-refractivity contribution in [3.8, 4) is 16.9 Å². The van der Waals surface area contributed by atoms with Crippen molar-refractivity contribution < 1.29 is 4.74 Å². The Labute approximate surface area is 164 Å². The number of piperidine rings is 1. The highest BCUT2D eigenvalue weighted by Gasteiger charge is 2.16. The van der Waals surface area contributed by atoms with Crippen molar-refractivity contribution in [1.29, 1.82) is 0 Å². The van der Waals surface area contributed by atoms with Crippen LogP contribution < -0.4 is 10.1 Å². The van der Waals surface area contributed by atoms with Gasteiger partial charge in [0.05, 0.1) is 18.4 Å². The van der Waals surface area contributed by atoms with Crippen LogP contribution in [-0.4, -0.2) is 27.9 Å².